The first-order valence-electron chi connectivity index (χ1n) is 16.9. The first-order chi connectivity index (χ1) is 21.8. The fraction of sp³-hybridized carbons (Fsp3) is 0.526. The Kier molecular flexibility index (Phi) is 10.2. The maximum Gasteiger partial charge on any atom is 0.410 e. The van der Waals surface area contributed by atoms with Gasteiger partial charge in [-0.25, -0.2) is 4.79 Å². The summed E-state index contributed by atoms with van der Waals surface area (Å²) in [6.07, 6.45) is 8.09. The number of carbonyl (C=O) groups excluding carboxylic acids is 1. The number of nitrogens with zero attached hydrogens (tertiary/aromatic N) is 3. The van der Waals surface area contributed by atoms with Gasteiger partial charge in [-0.05, 0) is 106 Å². The molecule has 1 aliphatic carbocycles. The lowest BCUT2D eigenvalue weighted by molar-refractivity contribution is 0.00400. The first kappa shape index (κ1) is 31.7. The van der Waals surface area contributed by atoms with E-state index in [0.717, 1.165) is 77.9 Å². The van der Waals surface area contributed by atoms with E-state index in [1.54, 1.807) is 0 Å². The number of carbonyl (C=O) groups is 1. The predicted molar refractivity (Wildman–Crippen MR) is 178 cm³/mol. The molecular formula is C38H50N4O3. The van der Waals surface area contributed by atoms with Crippen molar-refractivity contribution in [2.45, 2.75) is 96.6 Å². The van der Waals surface area contributed by atoms with E-state index < -0.39 is 5.60 Å². The summed E-state index contributed by atoms with van der Waals surface area (Å²) in [6, 6.07) is 22.1. The molecule has 1 fully saturated rings. The number of fused-ring (bicyclic) bond motifs is 2. The summed E-state index contributed by atoms with van der Waals surface area (Å²) in [4.78, 5) is 23.1. The predicted octanol–water partition coefficient (Wildman–Crippen LogP) is 6.84. The molecule has 1 aromatic heterocycles. The van der Waals surface area contributed by atoms with Gasteiger partial charge < -0.3 is 14.8 Å². The van der Waals surface area contributed by atoms with E-state index in [0.29, 0.717) is 12.5 Å². The van der Waals surface area contributed by atoms with Crippen LogP contribution in [0.2, 0.25) is 0 Å². The van der Waals surface area contributed by atoms with Gasteiger partial charge in [0.05, 0.1) is 17.8 Å². The van der Waals surface area contributed by atoms with Crippen molar-refractivity contribution in [3.05, 3.63) is 100 Å². The Bertz CT molecular complexity index is 1410. The number of ether oxygens (including phenoxy) is 2. The smallest absolute Gasteiger partial charge is 0.410 e. The van der Waals surface area contributed by atoms with Crippen LogP contribution in [-0.2, 0) is 41.9 Å². The number of hydrogen-bond donors (Lipinski definition) is 1. The second-order valence-electron chi connectivity index (χ2n) is 14.1. The van der Waals surface area contributed by atoms with Gasteiger partial charge in [0.15, 0.2) is 0 Å². The van der Waals surface area contributed by atoms with Crippen molar-refractivity contribution in [3.63, 3.8) is 0 Å². The Morgan fingerprint density at radius 1 is 0.978 bits per heavy atom. The number of aryl methyl sites for hydroxylation is 1. The molecule has 2 aromatic carbocycles. The third-order valence-electron chi connectivity index (χ3n) is 9.55. The molecule has 3 aromatic rings. The van der Waals surface area contributed by atoms with Crippen molar-refractivity contribution in [3.8, 4) is 0 Å². The lowest BCUT2D eigenvalue weighted by Crippen LogP contribution is -2.52. The van der Waals surface area contributed by atoms with Gasteiger partial charge in [0.25, 0.3) is 0 Å². The van der Waals surface area contributed by atoms with Gasteiger partial charge in [-0.1, -0.05) is 54.6 Å². The van der Waals surface area contributed by atoms with Gasteiger partial charge in [0, 0.05) is 45.6 Å². The van der Waals surface area contributed by atoms with Crippen molar-refractivity contribution < 1.29 is 14.3 Å². The highest BCUT2D eigenvalue weighted by Crippen LogP contribution is 2.35. The molecule has 2 atom stereocenters. The molecule has 7 heteroatoms. The molecule has 6 rings (SSSR count). The number of amides is 1. The Morgan fingerprint density at radius 2 is 1.71 bits per heavy atom. The van der Waals surface area contributed by atoms with E-state index in [1.165, 1.54) is 33.5 Å². The summed E-state index contributed by atoms with van der Waals surface area (Å²) in [5, 5.41) is 3.66. The minimum atomic E-state index is -0.550. The molecule has 3 aliphatic rings. The molecule has 1 saturated heterocycles. The highest BCUT2D eigenvalue weighted by Gasteiger charge is 2.36. The Morgan fingerprint density at radius 3 is 2.49 bits per heavy atom. The van der Waals surface area contributed by atoms with E-state index in [9.17, 15) is 4.79 Å². The van der Waals surface area contributed by atoms with Crippen molar-refractivity contribution in [1.29, 1.82) is 0 Å². The molecule has 2 aliphatic heterocycles. The molecule has 45 heavy (non-hydrogen) atoms. The molecular weight excluding hydrogens is 560 g/mol. The van der Waals surface area contributed by atoms with E-state index >= 15 is 0 Å². The van der Waals surface area contributed by atoms with E-state index in [4.69, 9.17) is 14.5 Å². The Labute approximate surface area is 269 Å². The van der Waals surface area contributed by atoms with Crippen molar-refractivity contribution in [1.82, 2.24) is 20.1 Å². The van der Waals surface area contributed by atoms with E-state index in [1.807, 2.05) is 31.9 Å². The zero-order valence-corrected chi connectivity index (χ0v) is 27.3. The monoisotopic (exact) mass is 610 g/mol. The lowest BCUT2D eigenvalue weighted by atomic mass is 9.89. The molecule has 0 unspecified atom stereocenters. The first-order valence-corrected chi connectivity index (χ1v) is 16.9. The van der Waals surface area contributed by atoms with Gasteiger partial charge >= 0.3 is 6.09 Å². The molecule has 0 bridgehead atoms. The van der Waals surface area contributed by atoms with E-state index in [-0.39, 0.29) is 18.2 Å². The lowest BCUT2D eigenvalue weighted by Gasteiger charge is -2.42. The van der Waals surface area contributed by atoms with Crippen LogP contribution < -0.4 is 5.32 Å². The topological polar surface area (TPSA) is 66.9 Å². The van der Waals surface area contributed by atoms with Gasteiger partial charge in [-0.2, -0.15) is 0 Å². The average molecular weight is 611 g/mol. The molecule has 3 heterocycles. The summed E-state index contributed by atoms with van der Waals surface area (Å²) in [6.45, 7) is 11.7. The summed E-state index contributed by atoms with van der Waals surface area (Å²) >= 11 is 0. The SMILES string of the molecule is CC(C)(C)OC(=O)N1Cc2ccccc2C[C@@H]1CN(Cc1ccc(CNCC2CCOCC2)cc1)[C@H]1CCCc2cccnc21. The normalized spacial score (nSPS) is 20.5. The van der Waals surface area contributed by atoms with Gasteiger partial charge in [0.1, 0.15) is 5.60 Å². The third kappa shape index (κ3) is 8.32. The number of nitrogens with one attached hydrogen (secondary N) is 1. The standard InChI is InChI=1S/C38H50N4O3/c1-38(2,3)45-37(43)42-26-33-9-5-4-8-32(33)22-34(42)27-41(35-12-6-10-31-11-7-19-40-36(31)35)25-30-15-13-28(14-16-30)23-39-24-29-17-20-44-21-18-29/h4-5,7-9,11,13-16,19,29,34-35,39H,6,10,12,17-18,20-27H2,1-3H3/t34-,35+/m1/s1. The zero-order valence-electron chi connectivity index (χ0n) is 27.3. The molecule has 0 spiro atoms. The second kappa shape index (κ2) is 14.4. The van der Waals surface area contributed by atoms with Crippen LogP contribution in [0.3, 0.4) is 0 Å². The van der Waals surface area contributed by atoms with Gasteiger partial charge in [0.2, 0.25) is 0 Å². The maximum absolute atomic E-state index is 13.6. The molecule has 0 radical (unpaired) electrons. The summed E-state index contributed by atoms with van der Waals surface area (Å²) in [7, 11) is 0. The molecule has 1 amide bonds. The second-order valence-corrected chi connectivity index (χ2v) is 14.1. The van der Waals surface area contributed by atoms with Crippen LogP contribution in [0, 0.1) is 5.92 Å². The molecule has 240 valence electrons. The third-order valence-corrected chi connectivity index (χ3v) is 9.55. The van der Waals surface area contributed by atoms with Crippen LogP contribution in [0.25, 0.3) is 0 Å². The molecule has 0 saturated carbocycles. The highest BCUT2D eigenvalue weighted by atomic mass is 16.6. The fourth-order valence-corrected chi connectivity index (χ4v) is 7.17. The fourth-order valence-electron chi connectivity index (χ4n) is 7.17. The van der Waals surface area contributed by atoms with Crippen LogP contribution in [0.4, 0.5) is 4.79 Å². The number of aromatic nitrogens is 1. The molecule has 1 N–H and O–H groups in total. The minimum Gasteiger partial charge on any atom is -0.444 e. The van der Waals surface area contributed by atoms with Crippen LogP contribution >= 0.6 is 0 Å². The van der Waals surface area contributed by atoms with Crippen LogP contribution in [0.1, 0.15) is 86.0 Å². The number of benzene rings is 2. The summed E-state index contributed by atoms with van der Waals surface area (Å²) in [5.41, 5.74) is 7.11. The van der Waals surface area contributed by atoms with Crippen LogP contribution in [0.15, 0.2) is 66.9 Å². The largest absolute Gasteiger partial charge is 0.444 e. The Balaban J connectivity index is 1.22. The Hall–Kier alpha value is -3.26. The quantitative estimate of drug-likeness (QED) is 0.286. The molecule has 7 nitrogen and oxygen atoms in total. The van der Waals surface area contributed by atoms with Crippen LogP contribution in [0.5, 0.6) is 0 Å². The van der Waals surface area contributed by atoms with Gasteiger partial charge in [-0.15, -0.1) is 0 Å². The van der Waals surface area contributed by atoms with Crippen LogP contribution in [-0.4, -0.2) is 58.8 Å². The number of rotatable bonds is 9. The number of pyridine rings is 1. The summed E-state index contributed by atoms with van der Waals surface area (Å²) < 4.78 is 11.5. The average Bonchev–Trinajstić information content (AvgIpc) is 3.04. The highest BCUT2D eigenvalue weighted by molar-refractivity contribution is 5.69. The van der Waals surface area contributed by atoms with Crippen molar-refractivity contribution in [2.75, 3.05) is 26.3 Å². The number of hydrogen-bond acceptors (Lipinski definition) is 6. The zero-order chi connectivity index (χ0) is 31.2. The van der Waals surface area contributed by atoms with E-state index in [2.05, 4.69) is 70.9 Å². The maximum atomic E-state index is 13.6. The van der Waals surface area contributed by atoms with Crippen molar-refractivity contribution in [2.24, 2.45) is 5.92 Å². The minimum absolute atomic E-state index is 0.00232. The summed E-state index contributed by atoms with van der Waals surface area (Å²) in [5.74, 6) is 0.713. The van der Waals surface area contributed by atoms with Crippen molar-refractivity contribution >= 4 is 6.09 Å². The van der Waals surface area contributed by atoms with Gasteiger partial charge in [-0.3, -0.25) is 14.8 Å².